The summed E-state index contributed by atoms with van der Waals surface area (Å²) in [7, 11) is 0. The first-order valence-corrected chi connectivity index (χ1v) is 10.3. The van der Waals surface area contributed by atoms with Crippen molar-refractivity contribution in [2.24, 2.45) is 0 Å². The fourth-order valence-corrected chi connectivity index (χ4v) is 4.06. The van der Waals surface area contributed by atoms with Crippen molar-refractivity contribution in [2.75, 3.05) is 45.8 Å². The minimum absolute atomic E-state index is 0.184. The summed E-state index contributed by atoms with van der Waals surface area (Å²) >= 11 is 3.46. The van der Waals surface area contributed by atoms with E-state index in [-0.39, 0.29) is 17.2 Å². The highest BCUT2D eigenvalue weighted by Gasteiger charge is 2.53. The molecule has 5 nitrogen and oxygen atoms in total. The zero-order chi connectivity index (χ0) is 18.7. The molecule has 0 unspecified atom stereocenters. The topological polar surface area (TPSA) is 43.9 Å². The highest BCUT2D eigenvalue weighted by atomic mass is 79.9. The zero-order valence-corrected chi connectivity index (χ0v) is 17.3. The molecule has 1 aliphatic carbocycles. The summed E-state index contributed by atoms with van der Waals surface area (Å²) in [6.45, 7) is 8.95. The second-order valence-corrected chi connectivity index (χ2v) is 8.14. The van der Waals surface area contributed by atoms with E-state index in [4.69, 9.17) is 0 Å². The molecule has 26 heavy (non-hydrogen) atoms. The number of amides is 2. The number of carbonyl (C=O) groups is 2. The number of hydrogen-bond donors (Lipinski definition) is 0. The standard InChI is InChI=1S/C20H28BrN3O2/c1-3-23(4-2)18(25)15-22-11-13-24(14-12-22)19(26)20(9-10-20)16-5-7-17(21)8-6-16/h5-8H,3-4,9-15H2,1-2H3. The van der Waals surface area contributed by atoms with Gasteiger partial charge in [-0.05, 0) is 44.4 Å². The molecule has 1 saturated heterocycles. The summed E-state index contributed by atoms with van der Waals surface area (Å²) in [4.78, 5) is 31.4. The van der Waals surface area contributed by atoms with Gasteiger partial charge in [0.05, 0.1) is 12.0 Å². The van der Waals surface area contributed by atoms with E-state index < -0.39 is 0 Å². The van der Waals surface area contributed by atoms with Crippen molar-refractivity contribution in [3.05, 3.63) is 34.3 Å². The first-order valence-electron chi connectivity index (χ1n) is 9.55. The quantitative estimate of drug-likeness (QED) is 0.708. The van der Waals surface area contributed by atoms with Gasteiger partial charge in [-0.25, -0.2) is 0 Å². The Kier molecular flexibility index (Phi) is 6.03. The van der Waals surface area contributed by atoms with Crippen LogP contribution in [0, 0.1) is 0 Å². The van der Waals surface area contributed by atoms with E-state index in [1.807, 2.05) is 35.8 Å². The van der Waals surface area contributed by atoms with Gasteiger partial charge in [-0.15, -0.1) is 0 Å². The molecule has 2 amide bonds. The largest absolute Gasteiger partial charge is 0.342 e. The number of benzene rings is 1. The Labute approximate surface area is 164 Å². The monoisotopic (exact) mass is 421 g/mol. The minimum atomic E-state index is -0.306. The molecular weight excluding hydrogens is 394 g/mol. The fourth-order valence-electron chi connectivity index (χ4n) is 3.80. The molecule has 1 aromatic carbocycles. The fraction of sp³-hybridized carbons (Fsp3) is 0.600. The van der Waals surface area contributed by atoms with Gasteiger partial charge in [-0.3, -0.25) is 14.5 Å². The van der Waals surface area contributed by atoms with E-state index in [1.54, 1.807) is 0 Å². The Morgan fingerprint density at radius 2 is 1.62 bits per heavy atom. The van der Waals surface area contributed by atoms with Crippen molar-refractivity contribution in [3.8, 4) is 0 Å². The molecule has 0 radical (unpaired) electrons. The molecular formula is C20H28BrN3O2. The molecule has 142 valence electrons. The molecule has 2 fully saturated rings. The lowest BCUT2D eigenvalue weighted by atomic mass is 9.94. The molecule has 0 atom stereocenters. The van der Waals surface area contributed by atoms with Crippen LogP contribution in [0.25, 0.3) is 0 Å². The molecule has 0 N–H and O–H groups in total. The Bertz CT molecular complexity index is 646. The van der Waals surface area contributed by atoms with Gasteiger partial charge >= 0.3 is 0 Å². The number of hydrogen-bond acceptors (Lipinski definition) is 3. The molecule has 2 aliphatic rings. The number of likely N-dealkylation sites (N-methyl/N-ethyl adjacent to an activating group) is 1. The third-order valence-electron chi connectivity index (χ3n) is 5.69. The average molecular weight is 422 g/mol. The maximum Gasteiger partial charge on any atom is 0.236 e. The average Bonchev–Trinajstić information content (AvgIpc) is 3.45. The first-order chi connectivity index (χ1) is 12.5. The van der Waals surface area contributed by atoms with Crippen molar-refractivity contribution in [1.29, 1.82) is 0 Å². The molecule has 6 heteroatoms. The van der Waals surface area contributed by atoms with Crippen LogP contribution in [0.2, 0.25) is 0 Å². The van der Waals surface area contributed by atoms with Crippen LogP contribution in [0.5, 0.6) is 0 Å². The van der Waals surface area contributed by atoms with Crippen molar-refractivity contribution < 1.29 is 9.59 Å². The lowest BCUT2D eigenvalue weighted by Crippen LogP contribution is -2.53. The zero-order valence-electron chi connectivity index (χ0n) is 15.7. The number of nitrogens with zero attached hydrogens (tertiary/aromatic N) is 3. The van der Waals surface area contributed by atoms with E-state index in [0.29, 0.717) is 19.6 Å². The summed E-state index contributed by atoms with van der Waals surface area (Å²) in [5, 5.41) is 0. The third-order valence-corrected chi connectivity index (χ3v) is 6.22. The van der Waals surface area contributed by atoms with Crippen LogP contribution in [-0.4, -0.2) is 72.3 Å². The molecule has 1 aromatic rings. The van der Waals surface area contributed by atoms with Gasteiger partial charge in [0.1, 0.15) is 0 Å². The van der Waals surface area contributed by atoms with Crippen molar-refractivity contribution in [2.45, 2.75) is 32.1 Å². The Morgan fingerprint density at radius 1 is 1.04 bits per heavy atom. The van der Waals surface area contributed by atoms with Crippen molar-refractivity contribution >= 4 is 27.7 Å². The van der Waals surface area contributed by atoms with Crippen LogP contribution >= 0.6 is 15.9 Å². The maximum atomic E-state index is 13.1. The van der Waals surface area contributed by atoms with Gasteiger partial charge in [0.2, 0.25) is 11.8 Å². The second kappa shape index (κ2) is 8.09. The van der Waals surface area contributed by atoms with Gasteiger partial charge in [0, 0.05) is 43.7 Å². The SMILES string of the molecule is CCN(CC)C(=O)CN1CCN(C(=O)C2(c3ccc(Br)cc3)CC2)CC1. The molecule has 1 aliphatic heterocycles. The van der Waals surface area contributed by atoms with Crippen molar-refractivity contribution in [3.63, 3.8) is 0 Å². The minimum Gasteiger partial charge on any atom is -0.342 e. The van der Waals surface area contributed by atoms with Crippen LogP contribution in [0.3, 0.4) is 0 Å². The summed E-state index contributed by atoms with van der Waals surface area (Å²) in [5.74, 6) is 0.442. The van der Waals surface area contributed by atoms with Gasteiger partial charge in [0.15, 0.2) is 0 Å². The van der Waals surface area contributed by atoms with Gasteiger partial charge < -0.3 is 9.80 Å². The molecule has 1 heterocycles. The van der Waals surface area contributed by atoms with Crippen LogP contribution in [0.4, 0.5) is 0 Å². The van der Waals surface area contributed by atoms with E-state index in [1.165, 1.54) is 0 Å². The molecule has 0 spiro atoms. The third kappa shape index (κ3) is 3.96. The predicted molar refractivity (Wildman–Crippen MR) is 106 cm³/mol. The smallest absolute Gasteiger partial charge is 0.236 e. The number of halogens is 1. The highest BCUT2D eigenvalue weighted by molar-refractivity contribution is 9.10. The van der Waals surface area contributed by atoms with E-state index >= 15 is 0 Å². The highest BCUT2D eigenvalue weighted by Crippen LogP contribution is 2.49. The summed E-state index contributed by atoms with van der Waals surface area (Å²) in [5.41, 5.74) is 0.824. The second-order valence-electron chi connectivity index (χ2n) is 7.22. The van der Waals surface area contributed by atoms with E-state index in [2.05, 4.69) is 33.0 Å². The van der Waals surface area contributed by atoms with Crippen LogP contribution in [0.1, 0.15) is 32.3 Å². The van der Waals surface area contributed by atoms with Crippen LogP contribution in [0.15, 0.2) is 28.7 Å². The van der Waals surface area contributed by atoms with E-state index in [9.17, 15) is 9.59 Å². The molecule has 0 aromatic heterocycles. The number of carbonyl (C=O) groups excluding carboxylic acids is 2. The Hall–Kier alpha value is -1.40. The van der Waals surface area contributed by atoms with Gasteiger partial charge in [0.25, 0.3) is 0 Å². The summed E-state index contributed by atoms with van der Waals surface area (Å²) in [6, 6.07) is 8.15. The van der Waals surface area contributed by atoms with Crippen molar-refractivity contribution in [1.82, 2.24) is 14.7 Å². The summed E-state index contributed by atoms with van der Waals surface area (Å²) in [6.07, 6.45) is 1.88. The predicted octanol–water partition coefficient (Wildman–Crippen LogP) is 2.49. The molecule has 1 saturated carbocycles. The van der Waals surface area contributed by atoms with Gasteiger partial charge in [-0.1, -0.05) is 28.1 Å². The van der Waals surface area contributed by atoms with Gasteiger partial charge in [-0.2, -0.15) is 0 Å². The van der Waals surface area contributed by atoms with Crippen LogP contribution in [-0.2, 0) is 15.0 Å². The normalized spacial score (nSPS) is 19.3. The lowest BCUT2D eigenvalue weighted by molar-refractivity contribution is -0.137. The number of rotatable bonds is 6. The Balaban J connectivity index is 1.56. The number of piperazine rings is 1. The van der Waals surface area contributed by atoms with Crippen LogP contribution < -0.4 is 0 Å². The maximum absolute atomic E-state index is 13.1. The molecule has 0 bridgehead atoms. The lowest BCUT2D eigenvalue weighted by Gasteiger charge is -2.37. The first kappa shape index (κ1) is 19.4. The molecule has 3 rings (SSSR count). The van der Waals surface area contributed by atoms with E-state index in [0.717, 1.165) is 49.1 Å². The Morgan fingerprint density at radius 3 is 2.12 bits per heavy atom. The summed E-state index contributed by atoms with van der Waals surface area (Å²) < 4.78 is 1.04.